The van der Waals surface area contributed by atoms with Crippen LogP contribution in [0.5, 0.6) is 0 Å². The molecule has 2 atom stereocenters. The predicted molar refractivity (Wildman–Crippen MR) is 68.8 cm³/mol. The Hall–Kier alpha value is -1.56. The van der Waals surface area contributed by atoms with Crippen molar-refractivity contribution in [3.8, 4) is 0 Å². The fourth-order valence-electron chi connectivity index (χ4n) is 2.38. The maximum absolute atomic E-state index is 13.1. The molecule has 3 nitrogen and oxygen atoms in total. The van der Waals surface area contributed by atoms with Crippen LogP contribution in [0, 0.1) is 23.4 Å². The van der Waals surface area contributed by atoms with Gasteiger partial charge in [-0.1, -0.05) is 6.92 Å². The molecule has 0 aliphatic carbocycles. The van der Waals surface area contributed by atoms with Crippen LogP contribution in [0.3, 0.4) is 0 Å². The summed E-state index contributed by atoms with van der Waals surface area (Å²) in [6, 6.07) is 1.54. The molecular weight excluding hydrogens is 269 g/mol. The normalized spacial score (nSPS) is 22.6. The quantitative estimate of drug-likeness (QED) is 0.837. The van der Waals surface area contributed by atoms with Crippen LogP contribution in [0.2, 0.25) is 0 Å². The Kier molecular flexibility index (Phi) is 4.65. The van der Waals surface area contributed by atoms with Crippen LogP contribution < -0.4 is 10.6 Å². The highest BCUT2D eigenvalue weighted by Gasteiger charge is 2.22. The molecule has 20 heavy (non-hydrogen) atoms. The van der Waals surface area contributed by atoms with E-state index in [4.69, 9.17) is 0 Å². The fourth-order valence-corrected chi connectivity index (χ4v) is 2.38. The summed E-state index contributed by atoms with van der Waals surface area (Å²) in [4.78, 5) is 11.8. The Morgan fingerprint density at radius 2 is 2.00 bits per heavy atom. The summed E-state index contributed by atoms with van der Waals surface area (Å²) in [5.74, 6) is -4.48. The van der Waals surface area contributed by atoms with Crippen LogP contribution in [0.25, 0.3) is 0 Å². The Bertz CT molecular complexity index is 484. The van der Waals surface area contributed by atoms with Crippen molar-refractivity contribution in [1.29, 1.82) is 0 Å². The lowest BCUT2D eigenvalue weighted by atomic mass is 9.93. The summed E-state index contributed by atoms with van der Waals surface area (Å²) in [5.41, 5.74) is -0.218. The lowest BCUT2D eigenvalue weighted by Crippen LogP contribution is -2.47. The SMILES string of the molecule is CC1CCCNC1CNC(=O)c1cc(F)c(F)c(F)c1. The van der Waals surface area contributed by atoms with Gasteiger partial charge in [0.2, 0.25) is 0 Å². The van der Waals surface area contributed by atoms with Gasteiger partial charge in [-0.05, 0) is 37.4 Å². The number of hydrogen-bond acceptors (Lipinski definition) is 2. The highest BCUT2D eigenvalue weighted by Crippen LogP contribution is 2.16. The zero-order valence-electron chi connectivity index (χ0n) is 11.2. The van der Waals surface area contributed by atoms with E-state index in [1.54, 1.807) is 0 Å². The molecule has 0 saturated carbocycles. The van der Waals surface area contributed by atoms with Crippen molar-refractivity contribution < 1.29 is 18.0 Å². The van der Waals surface area contributed by atoms with Gasteiger partial charge in [0.25, 0.3) is 5.91 Å². The fraction of sp³-hybridized carbons (Fsp3) is 0.500. The molecule has 0 bridgehead atoms. The van der Waals surface area contributed by atoms with Crippen molar-refractivity contribution in [2.75, 3.05) is 13.1 Å². The zero-order chi connectivity index (χ0) is 14.7. The van der Waals surface area contributed by atoms with Gasteiger partial charge in [0.1, 0.15) is 0 Å². The number of benzene rings is 1. The molecule has 1 aliphatic rings. The second-order valence-corrected chi connectivity index (χ2v) is 5.14. The van der Waals surface area contributed by atoms with Crippen molar-refractivity contribution in [2.45, 2.75) is 25.8 Å². The Morgan fingerprint density at radius 1 is 1.35 bits per heavy atom. The van der Waals surface area contributed by atoms with Crippen LogP contribution in [0.1, 0.15) is 30.1 Å². The Morgan fingerprint density at radius 3 is 2.60 bits per heavy atom. The molecule has 6 heteroatoms. The van der Waals surface area contributed by atoms with Crippen LogP contribution in [0.4, 0.5) is 13.2 Å². The van der Waals surface area contributed by atoms with Gasteiger partial charge in [-0.2, -0.15) is 0 Å². The maximum Gasteiger partial charge on any atom is 0.251 e. The van der Waals surface area contributed by atoms with E-state index in [1.165, 1.54) is 0 Å². The summed E-state index contributed by atoms with van der Waals surface area (Å²) in [7, 11) is 0. The van der Waals surface area contributed by atoms with Crippen molar-refractivity contribution in [3.05, 3.63) is 35.1 Å². The molecule has 1 fully saturated rings. The minimum atomic E-state index is -1.57. The molecule has 2 rings (SSSR count). The topological polar surface area (TPSA) is 41.1 Å². The van der Waals surface area contributed by atoms with Crippen LogP contribution in [-0.2, 0) is 0 Å². The highest BCUT2D eigenvalue weighted by atomic mass is 19.2. The second-order valence-electron chi connectivity index (χ2n) is 5.14. The average Bonchev–Trinajstić information content (AvgIpc) is 2.43. The van der Waals surface area contributed by atoms with Crippen molar-refractivity contribution in [2.24, 2.45) is 5.92 Å². The molecule has 1 aliphatic heterocycles. The van der Waals surface area contributed by atoms with Crippen LogP contribution in [-0.4, -0.2) is 25.0 Å². The van der Waals surface area contributed by atoms with Gasteiger partial charge < -0.3 is 10.6 Å². The smallest absolute Gasteiger partial charge is 0.251 e. The molecule has 2 unspecified atom stereocenters. The van der Waals surface area contributed by atoms with E-state index in [1.807, 2.05) is 0 Å². The van der Waals surface area contributed by atoms with Gasteiger partial charge >= 0.3 is 0 Å². The number of carbonyl (C=O) groups is 1. The number of nitrogens with one attached hydrogen (secondary N) is 2. The first-order chi connectivity index (χ1) is 9.49. The molecule has 110 valence electrons. The monoisotopic (exact) mass is 286 g/mol. The van der Waals surface area contributed by atoms with E-state index in [2.05, 4.69) is 17.6 Å². The number of rotatable bonds is 3. The van der Waals surface area contributed by atoms with Crippen LogP contribution >= 0.6 is 0 Å². The van der Waals surface area contributed by atoms with Gasteiger partial charge in [-0.3, -0.25) is 4.79 Å². The predicted octanol–water partition coefficient (Wildman–Crippen LogP) is 2.22. The first-order valence-corrected chi connectivity index (χ1v) is 6.65. The number of hydrogen-bond donors (Lipinski definition) is 2. The molecule has 1 saturated heterocycles. The Balaban J connectivity index is 1.98. The molecule has 0 radical (unpaired) electrons. The van der Waals surface area contributed by atoms with Crippen molar-refractivity contribution in [3.63, 3.8) is 0 Å². The lowest BCUT2D eigenvalue weighted by molar-refractivity contribution is 0.0942. The summed E-state index contributed by atoms with van der Waals surface area (Å²) < 4.78 is 38.9. The highest BCUT2D eigenvalue weighted by molar-refractivity contribution is 5.94. The van der Waals surface area contributed by atoms with Gasteiger partial charge in [0, 0.05) is 18.2 Å². The van der Waals surface area contributed by atoms with E-state index in [0.29, 0.717) is 24.6 Å². The lowest BCUT2D eigenvalue weighted by Gasteiger charge is -2.30. The van der Waals surface area contributed by atoms with Gasteiger partial charge in [0.15, 0.2) is 17.5 Å². The largest absolute Gasteiger partial charge is 0.350 e. The van der Waals surface area contributed by atoms with E-state index >= 15 is 0 Å². The third-order valence-electron chi connectivity index (χ3n) is 3.66. The van der Waals surface area contributed by atoms with E-state index in [0.717, 1.165) is 19.4 Å². The summed E-state index contributed by atoms with van der Waals surface area (Å²) in [6.07, 6.45) is 2.17. The molecule has 0 aromatic heterocycles. The molecular formula is C14H17F3N2O. The minimum Gasteiger partial charge on any atom is -0.350 e. The number of amides is 1. The zero-order valence-corrected chi connectivity index (χ0v) is 11.2. The molecule has 1 aromatic carbocycles. The van der Waals surface area contributed by atoms with E-state index in [-0.39, 0.29) is 11.6 Å². The molecule has 2 N–H and O–H groups in total. The number of carbonyl (C=O) groups excluding carboxylic acids is 1. The summed E-state index contributed by atoms with van der Waals surface area (Å²) in [5, 5.41) is 5.90. The maximum atomic E-state index is 13.1. The van der Waals surface area contributed by atoms with Gasteiger partial charge in [0.05, 0.1) is 0 Å². The minimum absolute atomic E-state index is 0.142. The average molecular weight is 286 g/mol. The van der Waals surface area contributed by atoms with E-state index < -0.39 is 23.4 Å². The molecule has 1 heterocycles. The third-order valence-corrected chi connectivity index (χ3v) is 3.66. The van der Waals surface area contributed by atoms with Crippen molar-refractivity contribution in [1.82, 2.24) is 10.6 Å². The number of piperidine rings is 1. The molecule has 1 amide bonds. The number of halogens is 3. The van der Waals surface area contributed by atoms with Crippen molar-refractivity contribution >= 4 is 5.91 Å². The van der Waals surface area contributed by atoms with Gasteiger partial charge in [-0.15, -0.1) is 0 Å². The summed E-state index contributed by atoms with van der Waals surface area (Å²) >= 11 is 0. The van der Waals surface area contributed by atoms with E-state index in [9.17, 15) is 18.0 Å². The summed E-state index contributed by atoms with van der Waals surface area (Å²) in [6.45, 7) is 3.35. The standard InChI is InChI=1S/C14H17F3N2O/c1-8-3-2-4-18-12(8)7-19-14(20)9-5-10(15)13(17)11(16)6-9/h5-6,8,12,18H,2-4,7H2,1H3,(H,19,20). The molecule has 1 aromatic rings. The third kappa shape index (κ3) is 3.30. The first-order valence-electron chi connectivity index (χ1n) is 6.65. The molecule has 0 spiro atoms. The Labute approximate surface area is 115 Å². The van der Waals surface area contributed by atoms with Crippen LogP contribution in [0.15, 0.2) is 12.1 Å². The van der Waals surface area contributed by atoms with Gasteiger partial charge in [-0.25, -0.2) is 13.2 Å². The first kappa shape index (κ1) is 14.8. The second kappa shape index (κ2) is 6.26.